The Morgan fingerprint density at radius 2 is 1.80 bits per heavy atom. The van der Waals surface area contributed by atoms with Crippen LogP contribution in [-0.4, -0.2) is 24.4 Å². The molecule has 76 valence electrons. The Labute approximate surface area is 119 Å². The molecule has 0 radical (unpaired) electrons. The van der Waals surface area contributed by atoms with E-state index in [2.05, 4.69) is 9.02 Å². The Hall–Kier alpha value is 0.310. The number of nitrogens with zero attached hydrogens (tertiary/aromatic N) is 2. The summed E-state index contributed by atoms with van der Waals surface area (Å²) in [7, 11) is -4.38. The van der Waals surface area contributed by atoms with Gasteiger partial charge in [-0.05, 0) is 18.2 Å². The van der Waals surface area contributed by atoms with E-state index in [1.165, 1.54) is 12.2 Å². The number of allylic oxidation sites excluding steroid dienone is 4. The van der Waals surface area contributed by atoms with Crippen LogP contribution in [0.15, 0.2) is 32.2 Å². The van der Waals surface area contributed by atoms with E-state index >= 15 is 0 Å². The van der Waals surface area contributed by atoms with Crippen LogP contribution in [0, 0.1) is 0 Å². The zero-order chi connectivity index (χ0) is 10.8. The van der Waals surface area contributed by atoms with Crippen molar-refractivity contribution in [2.75, 3.05) is 0 Å². The number of rotatable bonds is 1. The molecule has 1 rings (SSSR count). The largest absolute Gasteiger partial charge is 1.00 e. The van der Waals surface area contributed by atoms with Gasteiger partial charge in [-0.25, -0.2) is 0 Å². The molecule has 0 amide bonds. The molecule has 0 unspecified atom stereocenters. The SMILES string of the molecule is O=S(=O)(O)C1=CC(=N\Cl)/C=CC/1=N/Cl.[Na+]. The number of hydrogen-bond donors (Lipinski definition) is 1. The van der Waals surface area contributed by atoms with Crippen LogP contribution in [0.3, 0.4) is 0 Å². The van der Waals surface area contributed by atoms with Gasteiger partial charge in [-0.2, -0.15) is 17.4 Å². The van der Waals surface area contributed by atoms with Crippen LogP contribution < -0.4 is 29.6 Å². The van der Waals surface area contributed by atoms with Gasteiger partial charge in [-0.15, -0.1) is 0 Å². The van der Waals surface area contributed by atoms with Gasteiger partial charge in [0.2, 0.25) is 0 Å². The Morgan fingerprint density at radius 1 is 1.20 bits per heavy atom. The minimum atomic E-state index is -4.38. The van der Waals surface area contributed by atoms with Gasteiger partial charge >= 0.3 is 29.6 Å². The Balaban J connectivity index is 0.00000196. The molecule has 0 spiro atoms. The summed E-state index contributed by atoms with van der Waals surface area (Å²) in [5.41, 5.74) is 0.113. The first-order chi connectivity index (χ1) is 6.49. The Bertz CT molecular complexity index is 467. The van der Waals surface area contributed by atoms with Crippen LogP contribution in [0.25, 0.3) is 0 Å². The molecule has 0 atom stereocenters. The molecule has 0 saturated heterocycles. The monoisotopic (exact) mass is 277 g/mol. The van der Waals surface area contributed by atoms with Crippen LogP contribution in [0.1, 0.15) is 0 Å². The van der Waals surface area contributed by atoms with Crippen LogP contribution >= 0.6 is 23.6 Å². The average molecular weight is 278 g/mol. The van der Waals surface area contributed by atoms with Crippen molar-refractivity contribution >= 4 is 45.1 Å². The summed E-state index contributed by atoms with van der Waals surface area (Å²) in [4.78, 5) is -0.436. The van der Waals surface area contributed by atoms with Crippen molar-refractivity contribution in [2.45, 2.75) is 0 Å². The smallest absolute Gasteiger partial charge is 0.282 e. The fourth-order valence-corrected chi connectivity index (χ4v) is 1.78. The van der Waals surface area contributed by atoms with E-state index in [-0.39, 0.29) is 41.0 Å². The van der Waals surface area contributed by atoms with Crippen molar-refractivity contribution in [2.24, 2.45) is 9.02 Å². The van der Waals surface area contributed by atoms with E-state index < -0.39 is 15.0 Å². The molecule has 9 heteroatoms. The van der Waals surface area contributed by atoms with Crippen LogP contribution in [0.2, 0.25) is 0 Å². The normalized spacial score (nSPS) is 21.4. The van der Waals surface area contributed by atoms with E-state index in [0.29, 0.717) is 0 Å². The molecule has 0 saturated carbocycles. The average Bonchev–Trinajstić information content (AvgIpc) is 2.15. The molecule has 0 aromatic carbocycles. The first kappa shape index (κ1) is 15.3. The first-order valence-corrected chi connectivity index (χ1v) is 5.36. The van der Waals surface area contributed by atoms with E-state index in [4.69, 9.17) is 28.1 Å². The zero-order valence-electron chi connectivity index (χ0n) is 7.55. The topological polar surface area (TPSA) is 79.1 Å². The summed E-state index contributed by atoms with van der Waals surface area (Å²) in [5, 5.41) is 0. The number of hydrogen-bond acceptors (Lipinski definition) is 4. The summed E-state index contributed by atoms with van der Waals surface area (Å²) in [6, 6.07) is 0. The molecular weight excluding hydrogens is 274 g/mol. The van der Waals surface area contributed by atoms with Crippen molar-refractivity contribution < 1.29 is 42.5 Å². The Kier molecular flexibility index (Phi) is 6.27. The summed E-state index contributed by atoms with van der Waals surface area (Å²) < 4.78 is 36.8. The number of halogens is 2. The van der Waals surface area contributed by atoms with Gasteiger partial charge < -0.3 is 0 Å². The van der Waals surface area contributed by atoms with Crippen molar-refractivity contribution in [1.29, 1.82) is 0 Å². The van der Waals surface area contributed by atoms with Gasteiger partial charge in [0.05, 0.1) is 11.4 Å². The summed E-state index contributed by atoms with van der Waals surface area (Å²) in [6.45, 7) is 0. The maximum Gasteiger partial charge on any atom is 1.00 e. The second-order valence-electron chi connectivity index (χ2n) is 2.30. The molecular formula is C6H4Cl2N2NaO3S+. The maximum atomic E-state index is 10.8. The predicted octanol–water partition coefficient (Wildman–Crippen LogP) is -1.48. The second-order valence-corrected chi connectivity index (χ2v) is 4.02. The van der Waals surface area contributed by atoms with E-state index in [1.54, 1.807) is 0 Å². The van der Waals surface area contributed by atoms with Gasteiger partial charge in [0.25, 0.3) is 10.1 Å². The molecule has 0 fully saturated rings. The molecule has 0 aromatic rings. The zero-order valence-corrected chi connectivity index (χ0v) is 11.9. The van der Waals surface area contributed by atoms with Crippen molar-refractivity contribution in [3.8, 4) is 0 Å². The molecule has 0 heterocycles. The van der Waals surface area contributed by atoms with E-state index in [9.17, 15) is 8.42 Å². The standard InChI is InChI=1S/C6H4Cl2N2O3S.Na/c7-9-4-1-2-5(10-8)6(3-4)14(11,12)13;/h1-3H,(H,11,12,13);/q;+1/b9-4-,10-5-;. The fourth-order valence-electron chi connectivity index (χ4n) is 0.832. The van der Waals surface area contributed by atoms with Crippen molar-refractivity contribution in [1.82, 2.24) is 0 Å². The summed E-state index contributed by atoms with van der Waals surface area (Å²) >= 11 is 10.2. The van der Waals surface area contributed by atoms with Gasteiger partial charge in [-0.1, -0.05) is 0 Å². The van der Waals surface area contributed by atoms with Crippen LogP contribution in [0.5, 0.6) is 0 Å². The minimum absolute atomic E-state index is 0. The van der Waals surface area contributed by atoms with Gasteiger partial charge in [0.15, 0.2) is 0 Å². The fraction of sp³-hybridized carbons (Fsp3) is 0. The quantitative estimate of drug-likeness (QED) is 0.361. The van der Waals surface area contributed by atoms with Crippen molar-refractivity contribution in [3.63, 3.8) is 0 Å². The van der Waals surface area contributed by atoms with Crippen LogP contribution in [0.4, 0.5) is 0 Å². The molecule has 1 aliphatic carbocycles. The molecule has 0 bridgehead atoms. The molecule has 1 N–H and O–H groups in total. The summed E-state index contributed by atoms with van der Waals surface area (Å²) in [6.07, 6.45) is 3.74. The van der Waals surface area contributed by atoms with E-state index in [1.807, 2.05) is 0 Å². The Morgan fingerprint density at radius 3 is 2.20 bits per heavy atom. The third-order valence-electron chi connectivity index (χ3n) is 1.41. The molecule has 5 nitrogen and oxygen atoms in total. The molecule has 15 heavy (non-hydrogen) atoms. The van der Waals surface area contributed by atoms with Crippen molar-refractivity contribution in [3.05, 3.63) is 23.1 Å². The molecule has 1 aliphatic rings. The van der Waals surface area contributed by atoms with Gasteiger partial charge in [-0.3, -0.25) is 4.55 Å². The van der Waals surface area contributed by atoms with Crippen LogP contribution in [-0.2, 0) is 10.1 Å². The molecule has 0 aliphatic heterocycles. The predicted molar refractivity (Wildman–Crippen MR) is 55.3 cm³/mol. The summed E-state index contributed by atoms with van der Waals surface area (Å²) in [5.74, 6) is 0. The minimum Gasteiger partial charge on any atom is -0.282 e. The van der Waals surface area contributed by atoms with Gasteiger partial charge in [0.1, 0.15) is 4.91 Å². The third-order valence-corrected chi connectivity index (χ3v) is 2.67. The maximum absolute atomic E-state index is 10.8. The first-order valence-electron chi connectivity index (χ1n) is 3.24. The van der Waals surface area contributed by atoms with Gasteiger partial charge in [0, 0.05) is 23.6 Å². The third kappa shape index (κ3) is 3.99. The van der Waals surface area contributed by atoms with E-state index in [0.717, 1.165) is 6.08 Å². The second kappa shape index (κ2) is 6.15. The molecule has 0 aromatic heterocycles.